The molecule has 2 N–H and O–H groups in total. The van der Waals surface area contributed by atoms with Crippen LogP contribution < -0.4 is 0 Å². The second-order valence-corrected chi connectivity index (χ2v) is 4.20. The Hall–Kier alpha value is -0.0800. The first kappa shape index (κ1) is 11.9. The molecule has 2 atom stereocenters. The molecule has 74 valence electrons. The summed E-state index contributed by atoms with van der Waals surface area (Å²) in [6, 6.07) is 0. The maximum absolute atomic E-state index is 9.45. The minimum absolute atomic E-state index is 0.265. The molecule has 0 rings (SSSR count). The topological polar surface area (TPSA) is 40.5 Å². The van der Waals surface area contributed by atoms with Gasteiger partial charge in [-0.05, 0) is 24.7 Å². The van der Waals surface area contributed by atoms with Crippen LogP contribution in [0, 0.1) is 11.8 Å². The normalized spacial score (nSPS) is 17.0. The fourth-order valence-corrected chi connectivity index (χ4v) is 1.01. The third-order valence-electron chi connectivity index (χ3n) is 2.30. The molecular formula is C10H22O2. The lowest BCUT2D eigenvalue weighted by molar-refractivity contribution is 0.0675. The van der Waals surface area contributed by atoms with Crippen LogP contribution in [0.3, 0.4) is 0 Å². The molecule has 0 aliphatic rings. The first-order valence-corrected chi connectivity index (χ1v) is 4.81. The molecule has 0 saturated heterocycles. The number of hydrogen-bond acceptors (Lipinski definition) is 2. The van der Waals surface area contributed by atoms with E-state index in [-0.39, 0.29) is 12.2 Å². The Morgan fingerprint density at radius 3 is 1.17 bits per heavy atom. The van der Waals surface area contributed by atoms with E-state index in [0.717, 1.165) is 0 Å². The van der Waals surface area contributed by atoms with E-state index in [9.17, 15) is 10.2 Å². The summed E-state index contributed by atoms with van der Waals surface area (Å²) >= 11 is 0. The highest BCUT2D eigenvalue weighted by Gasteiger charge is 2.14. The van der Waals surface area contributed by atoms with Gasteiger partial charge < -0.3 is 10.2 Å². The van der Waals surface area contributed by atoms with Gasteiger partial charge in [-0.15, -0.1) is 0 Å². The maximum Gasteiger partial charge on any atom is 0.0564 e. The van der Waals surface area contributed by atoms with E-state index in [4.69, 9.17) is 0 Å². The summed E-state index contributed by atoms with van der Waals surface area (Å²) in [6.45, 7) is 7.97. The molecule has 2 heteroatoms. The molecular weight excluding hydrogens is 152 g/mol. The lowest BCUT2D eigenvalue weighted by Gasteiger charge is -2.18. The van der Waals surface area contributed by atoms with Gasteiger partial charge in [-0.1, -0.05) is 27.7 Å². The van der Waals surface area contributed by atoms with E-state index < -0.39 is 0 Å². The molecule has 0 heterocycles. The fourth-order valence-electron chi connectivity index (χ4n) is 1.01. The number of aliphatic hydroxyl groups is 2. The monoisotopic (exact) mass is 174 g/mol. The Morgan fingerprint density at radius 2 is 1.00 bits per heavy atom. The van der Waals surface area contributed by atoms with Gasteiger partial charge in [-0.2, -0.15) is 0 Å². The Balaban J connectivity index is 3.54. The van der Waals surface area contributed by atoms with E-state index in [1.165, 1.54) is 0 Å². The molecule has 0 radical (unpaired) electrons. The average molecular weight is 174 g/mol. The predicted molar refractivity (Wildman–Crippen MR) is 50.9 cm³/mol. The number of hydrogen-bond donors (Lipinski definition) is 2. The minimum atomic E-state index is -0.265. The summed E-state index contributed by atoms with van der Waals surface area (Å²) < 4.78 is 0. The van der Waals surface area contributed by atoms with Gasteiger partial charge in [0, 0.05) is 0 Å². The van der Waals surface area contributed by atoms with Crippen molar-refractivity contribution in [3.63, 3.8) is 0 Å². The van der Waals surface area contributed by atoms with Crippen molar-refractivity contribution in [2.24, 2.45) is 11.8 Å². The van der Waals surface area contributed by atoms with Crippen molar-refractivity contribution >= 4 is 0 Å². The van der Waals surface area contributed by atoms with E-state index >= 15 is 0 Å². The molecule has 2 nitrogen and oxygen atoms in total. The van der Waals surface area contributed by atoms with Gasteiger partial charge in [0.25, 0.3) is 0 Å². The van der Waals surface area contributed by atoms with Crippen LogP contribution in [-0.2, 0) is 0 Å². The van der Waals surface area contributed by atoms with Gasteiger partial charge in [0.05, 0.1) is 12.2 Å². The molecule has 0 aliphatic carbocycles. The van der Waals surface area contributed by atoms with Crippen LogP contribution in [0.25, 0.3) is 0 Å². The zero-order valence-electron chi connectivity index (χ0n) is 8.62. The SMILES string of the molecule is CC(C)[C@H](O)CC[C@@H](O)C(C)C. The third kappa shape index (κ3) is 4.73. The van der Waals surface area contributed by atoms with E-state index in [1.807, 2.05) is 27.7 Å². The second kappa shape index (κ2) is 5.55. The Kier molecular flexibility index (Phi) is 5.51. The van der Waals surface area contributed by atoms with Crippen molar-refractivity contribution in [2.75, 3.05) is 0 Å². The molecule has 0 bridgehead atoms. The van der Waals surface area contributed by atoms with Crippen LogP contribution in [-0.4, -0.2) is 22.4 Å². The van der Waals surface area contributed by atoms with Gasteiger partial charge in [0.2, 0.25) is 0 Å². The molecule has 0 fully saturated rings. The molecule has 0 saturated carbocycles. The summed E-state index contributed by atoms with van der Waals surface area (Å²) in [7, 11) is 0. The first-order chi connectivity index (χ1) is 5.45. The standard InChI is InChI=1S/C10H22O2/c1-7(2)9(11)5-6-10(12)8(3)4/h7-12H,5-6H2,1-4H3/t9-,10-/m1/s1. The molecule has 0 unspecified atom stereocenters. The highest BCUT2D eigenvalue weighted by Crippen LogP contribution is 2.13. The van der Waals surface area contributed by atoms with Crippen molar-refractivity contribution in [3.05, 3.63) is 0 Å². The number of rotatable bonds is 5. The van der Waals surface area contributed by atoms with Crippen LogP contribution >= 0.6 is 0 Å². The summed E-state index contributed by atoms with van der Waals surface area (Å²) in [6.07, 6.45) is 0.880. The van der Waals surface area contributed by atoms with Crippen molar-refractivity contribution < 1.29 is 10.2 Å². The van der Waals surface area contributed by atoms with Crippen LogP contribution in [0.4, 0.5) is 0 Å². The molecule has 0 amide bonds. The van der Waals surface area contributed by atoms with E-state index in [2.05, 4.69) is 0 Å². The molecule has 0 aromatic carbocycles. The molecule has 0 aromatic rings. The van der Waals surface area contributed by atoms with Gasteiger partial charge >= 0.3 is 0 Å². The van der Waals surface area contributed by atoms with Gasteiger partial charge in [0.1, 0.15) is 0 Å². The minimum Gasteiger partial charge on any atom is -0.393 e. The van der Waals surface area contributed by atoms with Crippen molar-refractivity contribution in [1.29, 1.82) is 0 Å². The Bertz CT molecular complexity index is 96.4. The zero-order chi connectivity index (χ0) is 9.72. The first-order valence-electron chi connectivity index (χ1n) is 4.81. The van der Waals surface area contributed by atoms with Gasteiger partial charge in [0.15, 0.2) is 0 Å². The second-order valence-electron chi connectivity index (χ2n) is 4.20. The van der Waals surface area contributed by atoms with Crippen LogP contribution in [0.2, 0.25) is 0 Å². The smallest absolute Gasteiger partial charge is 0.0564 e. The Labute approximate surface area is 75.6 Å². The van der Waals surface area contributed by atoms with Crippen LogP contribution in [0.5, 0.6) is 0 Å². The zero-order valence-corrected chi connectivity index (χ0v) is 8.62. The predicted octanol–water partition coefficient (Wildman–Crippen LogP) is 1.80. The molecule has 0 aromatic heterocycles. The largest absolute Gasteiger partial charge is 0.393 e. The molecule has 0 spiro atoms. The average Bonchev–Trinajstić information content (AvgIpc) is 1.98. The lowest BCUT2D eigenvalue weighted by atomic mass is 9.96. The van der Waals surface area contributed by atoms with Crippen molar-refractivity contribution in [3.8, 4) is 0 Å². The molecule has 0 aliphatic heterocycles. The lowest BCUT2D eigenvalue weighted by Crippen LogP contribution is -2.20. The Morgan fingerprint density at radius 1 is 0.750 bits per heavy atom. The summed E-state index contributed by atoms with van der Waals surface area (Å²) in [5, 5.41) is 18.9. The summed E-state index contributed by atoms with van der Waals surface area (Å²) in [4.78, 5) is 0. The van der Waals surface area contributed by atoms with Gasteiger partial charge in [-0.3, -0.25) is 0 Å². The van der Waals surface area contributed by atoms with E-state index in [1.54, 1.807) is 0 Å². The number of aliphatic hydroxyl groups excluding tert-OH is 2. The van der Waals surface area contributed by atoms with E-state index in [0.29, 0.717) is 24.7 Å². The highest BCUT2D eigenvalue weighted by atomic mass is 16.3. The fraction of sp³-hybridized carbons (Fsp3) is 1.00. The van der Waals surface area contributed by atoms with Crippen LogP contribution in [0.1, 0.15) is 40.5 Å². The van der Waals surface area contributed by atoms with Crippen LogP contribution in [0.15, 0.2) is 0 Å². The summed E-state index contributed by atoms with van der Waals surface area (Å²) in [5.41, 5.74) is 0. The highest BCUT2D eigenvalue weighted by molar-refractivity contribution is 4.65. The summed E-state index contributed by atoms with van der Waals surface area (Å²) in [5.74, 6) is 0.591. The van der Waals surface area contributed by atoms with Crippen molar-refractivity contribution in [2.45, 2.75) is 52.7 Å². The maximum atomic E-state index is 9.45. The third-order valence-corrected chi connectivity index (χ3v) is 2.30. The quantitative estimate of drug-likeness (QED) is 0.667. The van der Waals surface area contributed by atoms with Crippen molar-refractivity contribution in [1.82, 2.24) is 0 Å². The van der Waals surface area contributed by atoms with Gasteiger partial charge in [-0.25, -0.2) is 0 Å². The molecule has 12 heavy (non-hydrogen) atoms.